The maximum atomic E-state index is 13.6. The van der Waals surface area contributed by atoms with Crippen molar-refractivity contribution in [1.29, 1.82) is 0 Å². The highest BCUT2D eigenvalue weighted by Crippen LogP contribution is 2.45. The Hall–Kier alpha value is -2.08. The summed E-state index contributed by atoms with van der Waals surface area (Å²) in [7, 11) is 1.61. The molecule has 6 heteroatoms. The van der Waals surface area contributed by atoms with Gasteiger partial charge in [-0.15, -0.1) is 0 Å². The SMILES string of the molecule is COc1cccc(C(=O)N2C[C@@H]3CN(C(C)C)C[C@]3(C(=O)N3CCCC3)C2)c1. The van der Waals surface area contributed by atoms with Crippen molar-refractivity contribution in [2.75, 3.05) is 46.4 Å². The summed E-state index contributed by atoms with van der Waals surface area (Å²) < 4.78 is 5.27. The Labute approximate surface area is 167 Å². The lowest BCUT2D eigenvalue weighted by Gasteiger charge is -2.33. The molecule has 3 saturated heterocycles. The first-order chi connectivity index (χ1) is 13.4. The standard InChI is InChI=1S/C22H31N3O3/c1-16(2)24-12-18-13-25(20(26)17-7-6-8-19(11-17)28-3)15-22(18,14-24)21(27)23-9-4-5-10-23/h6-8,11,16,18H,4-5,9-10,12-15H2,1-3H3/t18-,22-/m0/s1. The van der Waals surface area contributed by atoms with E-state index in [2.05, 4.69) is 18.7 Å². The lowest BCUT2D eigenvalue weighted by molar-refractivity contribution is -0.141. The molecule has 3 heterocycles. The molecule has 1 aromatic rings. The van der Waals surface area contributed by atoms with Crippen LogP contribution >= 0.6 is 0 Å². The molecule has 28 heavy (non-hydrogen) atoms. The Morgan fingerprint density at radius 2 is 1.86 bits per heavy atom. The zero-order valence-electron chi connectivity index (χ0n) is 17.2. The highest BCUT2D eigenvalue weighted by Gasteiger charge is 2.59. The summed E-state index contributed by atoms with van der Waals surface area (Å²) in [4.78, 5) is 33.1. The molecule has 0 radical (unpaired) electrons. The van der Waals surface area contributed by atoms with Crippen molar-refractivity contribution in [2.24, 2.45) is 11.3 Å². The van der Waals surface area contributed by atoms with Crippen molar-refractivity contribution >= 4 is 11.8 Å². The van der Waals surface area contributed by atoms with Gasteiger partial charge in [-0.2, -0.15) is 0 Å². The topological polar surface area (TPSA) is 53.1 Å². The van der Waals surface area contributed by atoms with Gasteiger partial charge in [0.25, 0.3) is 5.91 Å². The van der Waals surface area contributed by atoms with Gasteiger partial charge in [0.1, 0.15) is 5.75 Å². The third-order valence-electron chi connectivity index (χ3n) is 6.79. The molecule has 0 unspecified atom stereocenters. The van der Waals surface area contributed by atoms with Gasteiger partial charge in [-0.1, -0.05) is 6.07 Å². The molecule has 4 rings (SSSR count). The fourth-order valence-electron chi connectivity index (χ4n) is 5.13. The number of hydrogen-bond acceptors (Lipinski definition) is 4. The van der Waals surface area contributed by atoms with Crippen LogP contribution in [0, 0.1) is 11.3 Å². The fraction of sp³-hybridized carbons (Fsp3) is 0.636. The normalized spacial score (nSPS) is 27.5. The van der Waals surface area contributed by atoms with Crippen LogP contribution in [0.2, 0.25) is 0 Å². The first-order valence-corrected chi connectivity index (χ1v) is 10.4. The molecule has 0 aromatic heterocycles. The zero-order chi connectivity index (χ0) is 19.9. The van der Waals surface area contributed by atoms with Crippen LogP contribution < -0.4 is 4.74 Å². The number of fused-ring (bicyclic) bond motifs is 1. The molecule has 2 atom stereocenters. The van der Waals surface area contributed by atoms with E-state index in [-0.39, 0.29) is 17.7 Å². The van der Waals surface area contributed by atoms with Gasteiger partial charge < -0.3 is 14.5 Å². The van der Waals surface area contributed by atoms with Crippen LogP contribution in [0.25, 0.3) is 0 Å². The number of amides is 2. The minimum absolute atomic E-state index is 0.00186. The van der Waals surface area contributed by atoms with Crippen LogP contribution in [0.4, 0.5) is 0 Å². The molecule has 0 spiro atoms. The Balaban J connectivity index is 1.59. The fourth-order valence-corrected chi connectivity index (χ4v) is 5.13. The molecule has 152 valence electrons. The highest BCUT2D eigenvalue weighted by atomic mass is 16.5. The second kappa shape index (κ2) is 7.39. The molecule has 0 saturated carbocycles. The van der Waals surface area contributed by atoms with E-state index in [0.717, 1.165) is 39.0 Å². The van der Waals surface area contributed by atoms with E-state index in [9.17, 15) is 9.59 Å². The number of carbonyl (C=O) groups excluding carboxylic acids is 2. The molecule has 3 aliphatic rings. The molecule has 3 fully saturated rings. The minimum Gasteiger partial charge on any atom is -0.497 e. The van der Waals surface area contributed by atoms with E-state index in [1.54, 1.807) is 13.2 Å². The van der Waals surface area contributed by atoms with Crippen molar-refractivity contribution in [3.8, 4) is 5.75 Å². The number of ether oxygens (including phenoxy) is 1. The Morgan fingerprint density at radius 1 is 1.11 bits per heavy atom. The monoisotopic (exact) mass is 385 g/mol. The number of hydrogen-bond donors (Lipinski definition) is 0. The van der Waals surface area contributed by atoms with Gasteiger partial charge in [0.05, 0.1) is 12.5 Å². The molecular weight excluding hydrogens is 354 g/mol. The number of carbonyl (C=O) groups is 2. The predicted octanol–water partition coefficient (Wildman–Crippen LogP) is 2.10. The van der Waals surface area contributed by atoms with Crippen LogP contribution in [0.15, 0.2) is 24.3 Å². The van der Waals surface area contributed by atoms with E-state index >= 15 is 0 Å². The first-order valence-electron chi connectivity index (χ1n) is 10.4. The molecular formula is C22H31N3O3. The van der Waals surface area contributed by atoms with Gasteiger partial charge in [0.15, 0.2) is 0 Å². The van der Waals surface area contributed by atoms with Crippen LogP contribution in [0.5, 0.6) is 5.75 Å². The summed E-state index contributed by atoms with van der Waals surface area (Å²) in [5, 5.41) is 0. The van der Waals surface area contributed by atoms with Crippen molar-refractivity contribution < 1.29 is 14.3 Å². The van der Waals surface area contributed by atoms with E-state index in [1.165, 1.54) is 0 Å². The molecule has 3 aliphatic heterocycles. The molecule has 0 bridgehead atoms. The van der Waals surface area contributed by atoms with Crippen LogP contribution in [-0.2, 0) is 4.79 Å². The van der Waals surface area contributed by atoms with Gasteiger partial charge in [-0.25, -0.2) is 0 Å². The van der Waals surface area contributed by atoms with Gasteiger partial charge >= 0.3 is 0 Å². The Bertz CT molecular complexity index is 759. The first kappa shape index (κ1) is 19.2. The van der Waals surface area contributed by atoms with Gasteiger partial charge in [0.2, 0.25) is 5.91 Å². The lowest BCUT2D eigenvalue weighted by atomic mass is 9.79. The van der Waals surface area contributed by atoms with E-state index in [0.29, 0.717) is 30.4 Å². The summed E-state index contributed by atoms with van der Waals surface area (Å²) >= 11 is 0. The second-order valence-corrected chi connectivity index (χ2v) is 8.79. The van der Waals surface area contributed by atoms with E-state index < -0.39 is 5.41 Å². The quantitative estimate of drug-likeness (QED) is 0.797. The average Bonchev–Trinajstić information content (AvgIpc) is 3.41. The summed E-state index contributed by atoms with van der Waals surface area (Å²) in [6.07, 6.45) is 2.18. The number of benzene rings is 1. The lowest BCUT2D eigenvalue weighted by Crippen LogP contribution is -2.49. The van der Waals surface area contributed by atoms with Gasteiger partial charge in [-0.05, 0) is 44.9 Å². The molecule has 2 amide bonds. The maximum absolute atomic E-state index is 13.6. The summed E-state index contributed by atoms with van der Waals surface area (Å²) in [6.45, 7) is 8.91. The van der Waals surface area contributed by atoms with E-state index in [1.807, 2.05) is 28.0 Å². The minimum atomic E-state index is -0.455. The second-order valence-electron chi connectivity index (χ2n) is 8.79. The summed E-state index contributed by atoms with van der Waals surface area (Å²) in [5.74, 6) is 1.15. The number of likely N-dealkylation sites (tertiary alicyclic amines) is 3. The van der Waals surface area contributed by atoms with Crippen LogP contribution in [0.1, 0.15) is 37.0 Å². The molecule has 1 aromatic carbocycles. The highest BCUT2D eigenvalue weighted by molar-refractivity contribution is 5.96. The van der Waals surface area contributed by atoms with Crippen molar-refractivity contribution in [1.82, 2.24) is 14.7 Å². The number of rotatable bonds is 4. The van der Waals surface area contributed by atoms with E-state index in [4.69, 9.17) is 4.74 Å². The third kappa shape index (κ3) is 3.17. The average molecular weight is 386 g/mol. The molecule has 6 nitrogen and oxygen atoms in total. The number of nitrogens with zero attached hydrogens (tertiary/aromatic N) is 3. The van der Waals surface area contributed by atoms with Crippen LogP contribution in [-0.4, -0.2) is 78.9 Å². The molecule has 0 N–H and O–H groups in total. The summed E-state index contributed by atoms with van der Waals surface area (Å²) in [5.41, 5.74) is 0.173. The smallest absolute Gasteiger partial charge is 0.254 e. The largest absolute Gasteiger partial charge is 0.497 e. The molecule has 0 aliphatic carbocycles. The Kier molecular flexibility index (Phi) is 5.08. The number of methoxy groups -OCH3 is 1. The maximum Gasteiger partial charge on any atom is 0.254 e. The van der Waals surface area contributed by atoms with Gasteiger partial charge in [-0.3, -0.25) is 14.5 Å². The van der Waals surface area contributed by atoms with Crippen molar-refractivity contribution in [2.45, 2.75) is 32.7 Å². The van der Waals surface area contributed by atoms with Crippen molar-refractivity contribution in [3.63, 3.8) is 0 Å². The summed E-state index contributed by atoms with van der Waals surface area (Å²) in [6, 6.07) is 7.71. The third-order valence-corrected chi connectivity index (χ3v) is 6.79. The van der Waals surface area contributed by atoms with Gasteiger partial charge in [0, 0.05) is 56.8 Å². The van der Waals surface area contributed by atoms with Crippen molar-refractivity contribution in [3.05, 3.63) is 29.8 Å². The van der Waals surface area contributed by atoms with Crippen LogP contribution in [0.3, 0.4) is 0 Å². The Morgan fingerprint density at radius 3 is 2.54 bits per heavy atom. The zero-order valence-corrected chi connectivity index (χ0v) is 17.2. The predicted molar refractivity (Wildman–Crippen MR) is 107 cm³/mol.